The van der Waals surface area contributed by atoms with Gasteiger partial charge in [-0.25, -0.2) is 4.79 Å². The first-order valence-corrected chi connectivity index (χ1v) is 9.90. The zero-order valence-corrected chi connectivity index (χ0v) is 17.0. The third-order valence-corrected chi connectivity index (χ3v) is 5.90. The predicted octanol–water partition coefficient (Wildman–Crippen LogP) is 2.29. The Kier molecular flexibility index (Phi) is 5.91. The van der Waals surface area contributed by atoms with Gasteiger partial charge in [-0.3, -0.25) is 19.3 Å². The number of urea groups is 1. The highest BCUT2D eigenvalue weighted by atomic mass is 16.5. The van der Waals surface area contributed by atoms with Crippen LogP contribution in [0.1, 0.15) is 43.7 Å². The van der Waals surface area contributed by atoms with Crippen LogP contribution in [0.25, 0.3) is 0 Å². The van der Waals surface area contributed by atoms with E-state index in [1.807, 2.05) is 39.0 Å². The summed E-state index contributed by atoms with van der Waals surface area (Å²) in [5.41, 5.74) is 1.55. The lowest BCUT2D eigenvalue weighted by molar-refractivity contribution is -0.150. The Hall–Kier alpha value is -2.90. The minimum Gasteiger partial charge on any atom is -0.454 e. The van der Waals surface area contributed by atoms with Crippen molar-refractivity contribution < 1.29 is 23.9 Å². The summed E-state index contributed by atoms with van der Waals surface area (Å²) in [4.78, 5) is 50.3. The van der Waals surface area contributed by atoms with Gasteiger partial charge in [-0.05, 0) is 43.7 Å². The first-order chi connectivity index (χ1) is 13.7. The molecule has 1 aliphatic heterocycles. The normalized spacial score (nSPS) is 23.8. The second kappa shape index (κ2) is 8.23. The van der Waals surface area contributed by atoms with E-state index in [0.717, 1.165) is 35.3 Å². The number of para-hydroxylation sites is 1. The van der Waals surface area contributed by atoms with Gasteiger partial charge in [0.15, 0.2) is 6.61 Å². The van der Waals surface area contributed by atoms with Gasteiger partial charge < -0.3 is 15.4 Å². The molecule has 2 N–H and O–H groups in total. The highest BCUT2D eigenvalue weighted by Gasteiger charge is 2.55. The summed E-state index contributed by atoms with van der Waals surface area (Å²) in [5.74, 6) is -1.65. The van der Waals surface area contributed by atoms with Crippen LogP contribution in [-0.4, -0.2) is 47.4 Å². The lowest BCUT2D eigenvalue weighted by atomic mass is 9.73. The van der Waals surface area contributed by atoms with Crippen molar-refractivity contribution in [3.63, 3.8) is 0 Å². The molecule has 2 aliphatic rings. The van der Waals surface area contributed by atoms with Gasteiger partial charge in [-0.15, -0.1) is 0 Å². The smallest absolute Gasteiger partial charge is 0.326 e. The van der Waals surface area contributed by atoms with Crippen molar-refractivity contribution in [1.82, 2.24) is 10.2 Å². The molecule has 0 bridgehead atoms. The Morgan fingerprint density at radius 3 is 2.59 bits per heavy atom. The minimum atomic E-state index is -0.921. The van der Waals surface area contributed by atoms with Crippen LogP contribution >= 0.6 is 0 Å². The van der Waals surface area contributed by atoms with Gasteiger partial charge in [0.2, 0.25) is 0 Å². The van der Waals surface area contributed by atoms with E-state index >= 15 is 0 Å². The van der Waals surface area contributed by atoms with Gasteiger partial charge in [-0.1, -0.05) is 38.0 Å². The third kappa shape index (κ3) is 4.11. The van der Waals surface area contributed by atoms with Crippen molar-refractivity contribution in [3.05, 3.63) is 29.3 Å². The number of benzene rings is 1. The molecule has 29 heavy (non-hydrogen) atoms. The molecule has 1 aliphatic carbocycles. The van der Waals surface area contributed by atoms with Crippen LogP contribution in [0.4, 0.5) is 10.5 Å². The number of aryl methyl sites for hydroxylation is 2. The summed E-state index contributed by atoms with van der Waals surface area (Å²) in [6.45, 7) is 4.69. The average molecular weight is 401 g/mol. The maximum absolute atomic E-state index is 12.8. The number of carbonyl (C=O) groups excluding carboxylic acids is 4. The first kappa shape index (κ1) is 20.8. The van der Waals surface area contributed by atoms with Crippen LogP contribution in [0.2, 0.25) is 0 Å². The molecule has 3 rings (SSSR count). The van der Waals surface area contributed by atoms with Gasteiger partial charge >= 0.3 is 12.0 Å². The van der Waals surface area contributed by atoms with Gasteiger partial charge in [-0.2, -0.15) is 0 Å². The van der Waals surface area contributed by atoms with Crippen LogP contribution in [0, 0.1) is 19.8 Å². The van der Waals surface area contributed by atoms with E-state index in [1.165, 1.54) is 0 Å². The molecule has 1 saturated carbocycles. The zero-order valence-electron chi connectivity index (χ0n) is 17.0. The van der Waals surface area contributed by atoms with E-state index in [4.69, 9.17) is 4.74 Å². The monoisotopic (exact) mass is 401 g/mol. The van der Waals surface area contributed by atoms with Gasteiger partial charge in [0, 0.05) is 5.69 Å². The summed E-state index contributed by atoms with van der Waals surface area (Å²) in [5, 5.41) is 5.51. The minimum absolute atomic E-state index is 0.0110. The molecule has 8 nitrogen and oxygen atoms in total. The Morgan fingerprint density at radius 1 is 1.24 bits per heavy atom. The topological polar surface area (TPSA) is 105 Å². The van der Waals surface area contributed by atoms with Crippen LogP contribution in [0.3, 0.4) is 0 Å². The fourth-order valence-corrected chi connectivity index (χ4v) is 4.15. The second-order valence-corrected chi connectivity index (χ2v) is 7.92. The Morgan fingerprint density at radius 2 is 1.93 bits per heavy atom. The Balaban J connectivity index is 1.55. The first-order valence-electron chi connectivity index (χ1n) is 9.90. The van der Waals surface area contributed by atoms with Crippen LogP contribution < -0.4 is 10.6 Å². The lowest BCUT2D eigenvalue weighted by Gasteiger charge is -2.36. The van der Waals surface area contributed by atoms with Crippen molar-refractivity contribution in [2.75, 3.05) is 18.5 Å². The van der Waals surface area contributed by atoms with E-state index in [1.54, 1.807) is 0 Å². The van der Waals surface area contributed by atoms with Crippen molar-refractivity contribution >= 4 is 29.5 Å². The number of amides is 4. The molecule has 1 saturated heterocycles. The van der Waals surface area contributed by atoms with Crippen molar-refractivity contribution in [2.45, 2.75) is 52.0 Å². The summed E-state index contributed by atoms with van der Waals surface area (Å²) in [7, 11) is 0. The standard InChI is InChI=1S/C21H27N3O5/c1-13-7-6-8-14(2)18(13)22-16(25)12-29-17(26)11-24-19(27)21(23-20(24)28)10-5-4-9-15(21)3/h6-8,15H,4-5,9-12H2,1-3H3,(H,22,25)(H,23,28)/t15-,21+/m0/s1. The molecule has 0 radical (unpaired) electrons. The maximum atomic E-state index is 12.8. The summed E-state index contributed by atoms with van der Waals surface area (Å²) >= 11 is 0. The molecule has 1 aromatic rings. The highest BCUT2D eigenvalue weighted by molar-refractivity contribution is 6.09. The number of nitrogens with zero attached hydrogens (tertiary/aromatic N) is 1. The molecule has 156 valence electrons. The van der Waals surface area contributed by atoms with Gasteiger partial charge in [0.25, 0.3) is 11.8 Å². The van der Waals surface area contributed by atoms with Gasteiger partial charge in [0.05, 0.1) is 0 Å². The Labute approximate surface area is 170 Å². The molecule has 2 atom stereocenters. The summed E-state index contributed by atoms with van der Waals surface area (Å²) in [6.07, 6.45) is 3.29. The number of esters is 1. The molecule has 2 fully saturated rings. The molecule has 4 amide bonds. The number of rotatable bonds is 5. The zero-order chi connectivity index (χ0) is 21.2. The van der Waals surface area contributed by atoms with Crippen molar-refractivity contribution in [3.8, 4) is 0 Å². The molecular formula is C21H27N3O5. The van der Waals surface area contributed by atoms with E-state index in [-0.39, 0.29) is 11.8 Å². The quantitative estimate of drug-likeness (QED) is 0.582. The molecular weight excluding hydrogens is 374 g/mol. The molecule has 0 unspecified atom stereocenters. The Bertz CT molecular complexity index is 832. The fourth-order valence-electron chi connectivity index (χ4n) is 4.15. The third-order valence-electron chi connectivity index (χ3n) is 5.90. The van der Waals surface area contributed by atoms with Crippen molar-refractivity contribution in [1.29, 1.82) is 0 Å². The second-order valence-electron chi connectivity index (χ2n) is 7.92. The SMILES string of the molecule is Cc1cccc(C)c1NC(=O)COC(=O)CN1C(=O)N[C@@]2(CCCC[C@@H]2C)C1=O. The average Bonchev–Trinajstić information content (AvgIpc) is 2.90. The van der Waals surface area contributed by atoms with E-state index < -0.39 is 36.6 Å². The van der Waals surface area contributed by atoms with Gasteiger partial charge in [0.1, 0.15) is 12.1 Å². The highest BCUT2D eigenvalue weighted by Crippen LogP contribution is 2.38. The van der Waals surface area contributed by atoms with E-state index in [0.29, 0.717) is 12.1 Å². The number of hydrogen-bond acceptors (Lipinski definition) is 5. The number of hydrogen-bond donors (Lipinski definition) is 2. The number of anilines is 1. The predicted molar refractivity (Wildman–Crippen MR) is 106 cm³/mol. The lowest BCUT2D eigenvalue weighted by Crippen LogP contribution is -2.54. The number of ether oxygens (including phenoxy) is 1. The molecule has 1 aromatic carbocycles. The molecule has 0 aromatic heterocycles. The maximum Gasteiger partial charge on any atom is 0.326 e. The molecule has 1 spiro atoms. The summed E-state index contributed by atoms with van der Waals surface area (Å²) in [6, 6.07) is 5.04. The molecule has 8 heteroatoms. The van der Waals surface area contributed by atoms with Crippen LogP contribution in [-0.2, 0) is 19.1 Å². The number of carbonyl (C=O) groups is 4. The summed E-state index contributed by atoms with van der Waals surface area (Å²) < 4.78 is 4.99. The molecule has 1 heterocycles. The fraction of sp³-hybridized carbons (Fsp3) is 0.524. The van der Waals surface area contributed by atoms with Crippen LogP contribution in [0.5, 0.6) is 0 Å². The van der Waals surface area contributed by atoms with Crippen LogP contribution in [0.15, 0.2) is 18.2 Å². The van der Waals surface area contributed by atoms with E-state index in [2.05, 4.69) is 10.6 Å². The van der Waals surface area contributed by atoms with E-state index in [9.17, 15) is 19.2 Å². The van der Waals surface area contributed by atoms with Crippen molar-refractivity contribution in [2.24, 2.45) is 5.92 Å². The number of imide groups is 1. The largest absolute Gasteiger partial charge is 0.454 e. The number of nitrogens with one attached hydrogen (secondary N) is 2.